The Labute approximate surface area is 217 Å². The van der Waals surface area contributed by atoms with Crippen molar-refractivity contribution in [1.82, 2.24) is 20.1 Å². The summed E-state index contributed by atoms with van der Waals surface area (Å²) in [6.45, 7) is 1.19. The summed E-state index contributed by atoms with van der Waals surface area (Å²) in [5, 5.41) is 13.5. The van der Waals surface area contributed by atoms with Gasteiger partial charge < -0.3 is 20.3 Å². The molecule has 2 aromatic heterocycles. The molecule has 0 spiro atoms. The van der Waals surface area contributed by atoms with E-state index in [1.165, 1.54) is 12.3 Å². The summed E-state index contributed by atoms with van der Waals surface area (Å²) in [5.74, 6) is -0.306. The van der Waals surface area contributed by atoms with Crippen molar-refractivity contribution in [3.05, 3.63) is 72.1 Å². The van der Waals surface area contributed by atoms with E-state index >= 15 is 0 Å². The lowest BCUT2D eigenvalue weighted by atomic mass is 10.0. The van der Waals surface area contributed by atoms with Gasteiger partial charge in [0, 0.05) is 35.1 Å². The number of ether oxygens (including phenoxy) is 1. The third-order valence-corrected chi connectivity index (χ3v) is 6.61. The lowest BCUT2D eigenvalue weighted by molar-refractivity contribution is -0.137. The molecular formula is C27H27F3N6O2. The van der Waals surface area contributed by atoms with Crippen LogP contribution in [-0.4, -0.2) is 52.2 Å². The van der Waals surface area contributed by atoms with Crippen molar-refractivity contribution < 1.29 is 22.7 Å². The molecule has 2 aromatic carbocycles. The maximum atomic E-state index is 13.7. The van der Waals surface area contributed by atoms with E-state index in [0.717, 1.165) is 48.8 Å². The number of hydrogen-bond donors (Lipinski definition) is 3. The van der Waals surface area contributed by atoms with E-state index in [4.69, 9.17) is 4.74 Å². The molecule has 1 fully saturated rings. The number of H-pyrrole nitrogens is 1. The number of likely N-dealkylation sites (tertiary alicyclic amines) is 1. The highest BCUT2D eigenvalue weighted by Crippen LogP contribution is 2.35. The molecule has 0 bridgehead atoms. The van der Waals surface area contributed by atoms with Crippen molar-refractivity contribution in [3.63, 3.8) is 0 Å². The Hall–Kier alpha value is -4.12. The number of pyridine rings is 1. The van der Waals surface area contributed by atoms with Gasteiger partial charge in [0.15, 0.2) is 0 Å². The number of benzene rings is 2. The second-order valence-electron chi connectivity index (χ2n) is 9.34. The molecule has 3 heterocycles. The van der Waals surface area contributed by atoms with Gasteiger partial charge in [-0.05, 0) is 68.9 Å². The molecule has 198 valence electrons. The number of likely N-dealkylation sites (N-methyl/N-ethyl adjacent to an activating group) is 1. The lowest BCUT2D eigenvalue weighted by Crippen LogP contribution is -2.40. The first-order valence-electron chi connectivity index (χ1n) is 12.3. The molecule has 3 N–H and O–H groups in total. The summed E-state index contributed by atoms with van der Waals surface area (Å²) >= 11 is 0. The van der Waals surface area contributed by atoms with E-state index in [0.29, 0.717) is 5.69 Å². The van der Waals surface area contributed by atoms with Gasteiger partial charge in [-0.15, -0.1) is 0 Å². The predicted octanol–water partition coefficient (Wildman–Crippen LogP) is 5.84. The molecular weight excluding hydrogens is 497 g/mol. The molecule has 4 aromatic rings. The minimum atomic E-state index is -4.60. The first kappa shape index (κ1) is 25.5. The van der Waals surface area contributed by atoms with Crippen LogP contribution in [0.15, 0.2) is 60.9 Å². The van der Waals surface area contributed by atoms with Crippen LogP contribution in [0.5, 0.6) is 5.75 Å². The number of carbonyl (C=O) groups is 1. The van der Waals surface area contributed by atoms with Crippen molar-refractivity contribution in [2.75, 3.05) is 30.8 Å². The normalized spacial score (nSPS) is 16.4. The number of anilines is 3. The number of halogens is 3. The zero-order valence-corrected chi connectivity index (χ0v) is 20.7. The zero-order chi connectivity index (χ0) is 26.7. The average Bonchev–Trinajstić information content (AvgIpc) is 3.36. The number of aromatic amines is 1. The molecule has 0 aliphatic carbocycles. The highest BCUT2D eigenvalue weighted by Gasteiger charge is 2.32. The first-order valence-corrected chi connectivity index (χ1v) is 12.3. The predicted molar refractivity (Wildman–Crippen MR) is 139 cm³/mol. The largest absolute Gasteiger partial charge is 0.492 e. The van der Waals surface area contributed by atoms with Gasteiger partial charge in [-0.25, -0.2) is 4.98 Å². The Morgan fingerprint density at radius 3 is 2.84 bits per heavy atom. The van der Waals surface area contributed by atoms with Crippen LogP contribution in [0.1, 0.15) is 35.2 Å². The number of nitrogens with one attached hydrogen (secondary N) is 3. The fraction of sp³-hybridized carbons (Fsp3) is 0.296. The minimum Gasteiger partial charge on any atom is -0.492 e. The van der Waals surface area contributed by atoms with Gasteiger partial charge in [-0.2, -0.15) is 18.3 Å². The monoisotopic (exact) mass is 524 g/mol. The molecule has 11 heteroatoms. The molecule has 5 rings (SSSR count). The van der Waals surface area contributed by atoms with E-state index in [-0.39, 0.29) is 35.5 Å². The SMILES string of the molecule is CN1CCCC[C@H]1COc1cc(NC(=O)c2cccnc2Nc2ccc3cn[nH]c3c2)cc(C(F)(F)F)c1. The number of aromatic nitrogens is 3. The Morgan fingerprint density at radius 1 is 1.16 bits per heavy atom. The lowest BCUT2D eigenvalue weighted by Gasteiger charge is -2.32. The molecule has 38 heavy (non-hydrogen) atoms. The summed E-state index contributed by atoms with van der Waals surface area (Å²) < 4.78 is 46.8. The highest BCUT2D eigenvalue weighted by atomic mass is 19.4. The number of amides is 1. The smallest absolute Gasteiger partial charge is 0.416 e. The number of carbonyl (C=O) groups excluding carboxylic acids is 1. The summed E-state index contributed by atoms with van der Waals surface area (Å²) in [6.07, 6.45) is 1.68. The first-order chi connectivity index (χ1) is 18.3. The zero-order valence-electron chi connectivity index (χ0n) is 20.7. The van der Waals surface area contributed by atoms with Gasteiger partial charge in [0.05, 0.1) is 22.8 Å². The molecule has 1 atom stereocenters. The molecule has 1 saturated heterocycles. The fourth-order valence-electron chi connectivity index (χ4n) is 4.50. The van der Waals surface area contributed by atoms with Crippen molar-refractivity contribution >= 4 is 34.0 Å². The molecule has 0 saturated carbocycles. The number of piperidine rings is 1. The second-order valence-corrected chi connectivity index (χ2v) is 9.34. The van der Waals surface area contributed by atoms with Crippen molar-refractivity contribution in [3.8, 4) is 5.75 Å². The van der Waals surface area contributed by atoms with Gasteiger partial charge in [-0.1, -0.05) is 6.42 Å². The van der Waals surface area contributed by atoms with Gasteiger partial charge in [-0.3, -0.25) is 9.89 Å². The van der Waals surface area contributed by atoms with Crippen LogP contribution in [0.2, 0.25) is 0 Å². The van der Waals surface area contributed by atoms with Gasteiger partial charge in [0.25, 0.3) is 5.91 Å². The number of nitrogens with zero attached hydrogens (tertiary/aromatic N) is 3. The minimum absolute atomic E-state index is 0.0227. The molecule has 1 aliphatic heterocycles. The molecule has 0 radical (unpaired) electrons. The van der Waals surface area contributed by atoms with Gasteiger partial charge >= 0.3 is 6.18 Å². The van der Waals surface area contributed by atoms with E-state index in [2.05, 4.69) is 30.7 Å². The van der Waals surface area contributed by atoms with Crippen molar-refractivity contribution in [2.45, 2.75) is 31.5 Å². The fourth-order valence-corrected chi connectivity index (χ4v) is 4.50. The maximum absolute atomic E-state index is 13.7. The summed E-state index contributed by atoms with van der Waals surface area (Å²) in [6, 6.07) is 12.0. The molecule has 1 aliphatic rings. The molecule has 1 amide bonds. The highest BCUT2D eigenvalue weighted by molar-refractivity contribution is 6.08. The topological polar surface area (TPSA) is 95.2 Å². The van der Waals surface area contributed by atoms with Crippen LogP contribution < -0.4 is 15.4 Å². The summed E-state index contributed by atoms with van der Waals surface area (Å²) in [4.78, 5) is 19.6. The van der Waals surface area contributed by atoms with Crippen LogP contribution in [-0.2, 0) is 6.18 Å². The number of alkyl halides is 3. The van der Waals surface area contributed by atoms with Crippen LogP contribution in [0.4, 0.5) is 30.4 Å². The summed E-state index contributed by atoms with van der Waals surface area (Å²) in [7, 11) is 1.98. The number of hydrogen-bond acceptors (Lipinski definition) is 6. The van der Waals surface area contributed by atoms with Crippen LogP contribution >= 0.6 is 0 Å². The summed E-state index contributed by atoms with van der Waals surface area (Å²) in [5.41, 5.74) is 0.705. The Kier molecular flexibility index (Phi) is 7.19. The number of fused-ring (bicyclic) bond motifs is 1. The van der Waals surface area contributed by atoms with Crippen LogP contribution in [0, 0.1) is 0 Å². The van der Waals surface area contributed by atoms with E-state index in [1.807, 2.05) is 25.2 Å². The van der Waals surface area contributed by atoms with Gasteiger partial charge in [0.1, 0.15) is 18.2 Å². The number of rotatable bonds is 7. The Balaban J connectivity index is 1.36. The standard InChI is InChI=1S/C27H27F3N6O2/c1-36-10-3-2-5-21(36)16-38-22-12-18(27(28,29)30)11-20(13-22)34-26(37)23-6-4-9-31-25(23)33-19-8-7-17-15-32-35-24(17)14-19/h4,6-9,11-15,21H,2-3,5,10,16H2,1H3,(H,31,33)(H,32,35)(H,34,37)/t21-/m0/s1. The second kappa shape index (κ2) is 10.7. The van der Waals surface area contributed by atoms with Crippen molar-refractivity contribution in [1.29, 1.82) is 0 Å². The Bertz CT molecular complexity index is 1440. The maximum Gasteiger partial charge on any atom is 0.416 e. The average molecular weight is 525 g/mol. The third kappa shape index (κ3) is 5.88. The van der Waals surface area contributed by atoms with Gasteiger partial charge in [0.2, 0.25) is 0 Å². The molecule has 8 nitrogen and oxygen atoms in total. The Morgan fingerprint density at radius 2 is 2.03 bits per heavy atom. The quantitative estimate of drug-likeness (QED) is 0.281. The van der Waals surface area contributed by atoms with E-state index < -0.39 is 17.6 Å². The van der Waals surface area contributed by atoms with Crippen LogP contribution in [0.25, 0.3) is 10.9 Å². The third-order valence-electron chi connectivity index (χ3n) is 6.61. The van der Waals surface area contributed by atoms with E-state index in [9.17, 15) is 18.0 Å². The van der Waals surface area contributed by atoms with Crippen LogP contribution in [0.3, 0.4) is 0 Å². The van der Waals surface area contributed by atoms with E-state index in [1.54, 1.807) is 18.3 Å². The molecule has 0 unspecified atom stereocenters. The van der Waals surface area contributed by atoms with Crippen molar-refractivity contribution in [2.24, 2.45) is 0 Å².